The van der Waals surface area contributed by atoms with Gasteiger partial charge in [-0.3, -0.25) is 9.59 Å². The lowest BCUT2D eigenvalue weighted by Gasteiger charge is -2.09. The van der Waals surface area contributed by atoms with Gasteiger partial charge in [0.1, 0.15) is 11.5 Å². The fraction of sp³-hybridized carbons (Fsp3) is 0.0769. The van der Waals surface area contributed by atoms with Crippen LogP contribution in [-0.2, 0) is 9.59 Å². The van der Waals surface area contributed by atoms with Crippen LogP contribution in [0.1, 0.15) is 18.1 Å². The standard InChI is InChI=1S/C24H22N4O4.C2H4/c1-17(29)27-20-3-2-4-21(13-20)28-24(31)16-32-23-11-7-19(8-12-23)15-26-25-14-18-5-9-22(30)10-6-18;1-2/h2-15,30H,16H2,1H3,(H,27,29)(H,28,31);1-2H2/b25-14-,26-15-;. The van der Waals surface area contributed by atoms with E-state index >= 15 is 0 Å². The van der Waals surface area contributed by atoms with Gasteiger partial charge in [-0.15, -0.1) is 13.2 Å². The normalized spacial score (nSPS) is 10.4. The number of ether oxygens (including phenoxy) is 1. The van der Waals surface area contributed by atoms with Crippen molar-refractivity contribution in [3.63, 3.8) is 0 Å². The number of nitrogens with one attached hydrogen (secondary N) is 2. The first-order chi connectivity index (χ1) is 16.5. The molecule has 3 aromatic rings. The first-order valence-corrected chi connectivity index (χ1v) is 10.2. The smallest absolute Gasteiger partial charge is 0.262 e. The van der Waals surface area contributed by atoms with Gasteiger partial charge < -0.3 is 20.5 Å². The van der Waals surface area contributed by atoms with Gasteiger partial charge in [-0.1, -0.05) is 6.07 Å². The second-order valence-corrected chi connectivity index (χ2v) is 6.75. The summed E-state index contributed by atoms with van der Waals surface area (Å²) < 4.78 is 5.51. The molecule has 0 saturated heterocycles. The van der Waals surface area contributed by atoms with Gasteiger partial charge in [0.25, 0.3) is 5.91 Å². The maximum Gasteiger partial charge on any atom is 0.262 e. The molecule has 0 aliphatic heterocycles. The van der Waals surface area contributed by atoms with Crippen molar-refractivity contribution in [3.8, 4) is 11.5 Å². The van der Waals surface area contributed by atoms with E-state index in [2.05, 4.69) is 34.0 Å². The van der Waals surface area contributed by atoms with Crippen molar-refractivity contribution in [1.29, 1.82) is 0 Å². The highest BCUT2D eigenvalue weighted by Gasteiger charge is 2.05. The average Bonchev–Trinajstić information content (AvgIpc) is 2.83. The van der Waals surface area contributed by atoms with Crippen LogP contribution in [-0.4, -0.2) is 36.0 Å². The molecule has 0 radical (unpaired) electrons. The van der Waals surface area contributed by atoms with Crippen molar-refractivity contribution in [1.82, 2.24) is 0 Å². The van der Waals surface area contributed by atoms with Crippen molar-refractivity contribution in [2.45, 2.75) is 6.92 Å². The predicted molar refractivity (Wildman–Crippen MR) is 136 cm³/mol. The van der Waals surface area contributed by atoms with Gasteiger partial charge in [0.15, 0.2) is 6.61 Å². The molecule has 2 amide bonds. The van der Waals surface area contributed by atoms with Crippen LogP contribution in [0.5, 0.6) is 11.5 Å². The molecule has 0 atom stereocenters. The Kier molecular flexibility index (Phi) is 10.2. The monoisotopic (exact) mass is 458 g/mol. The number of carbonyl (C=O) groups excluding carboxylic acids is 2. The van der Waals surface area contributed by atoms with Crippen LogP contribution in [0.2, 0.25) is 0 Å². The molecule has 8 heteroatoms. The summed E-state index contributed by atoms with van der Waals surface area (Å²) >= 11 is 0. The van der Waals surface area contributed by atoms with Crippen LogP contribution in [0.4, 0.5) is 11.4 Å². The number of benzene rings is 3. The number of hydrogen-bond acceptors (Lipinski definition) is 6. The molecule has 0 aliphatic rings. The Morgan fingerprint density at radius 1 is 0.882 bits per heavy atom. The number of phenolic OH excluding ortho intramolecular Hbond substituents is 1. The molecular formula is C26H26N4O4. The summed E-state index contributed by atoms with van der Waals surface area (Å²) in [4.78, 5) is 23.3. The van der Waals surface area contributed by atoms with Crippen molar-refractivity contribution >= 4 is 35.6 Å². The molecule has 34 heavy (non-hydrogen) atoms. The summed E-state index contributed by atoms with van der Waals surface area (Å²) in [6.07, 6.45) is 3.17. The van der Waals surface area contributed by atoms with Gasteiger partial charge >= 0.3 is 0 Å². The third-order valence-electron chi connectivity index (χ3n) is 4.09. The van der Waals surface area contributed by atoms with Crippen molar-refractivity contribution in [2.75, 3.05) is 17.2 Å². The maximum atomic E-state index is 12.1. The molecule has 0 spiro atoms. The number of aromatic hydroxyl groups is 1. The third-order valence-corrected chi connectivity index (χ3v) is 4.09. The fourth-order valence-electron chi connectivity index (χ4n) is 2.63. The molecule has 8 nitrogen and oxygen atoms in total. The molecule has 0 unspecified atom stereocenters. The Morgan fingerprint density at radius 2 is 1.41 bits per heavy atom. The van der Waals surface area contributed by atoms with E-state index in [1.807, 2.05) is 0 Å². The van der Waals surface area contributed by atoms with Crippen molar-refractivity contribution < 1.29 is 19.4 Å². The quantitative estimate of drug-likeness (QED) is 0.260. The van der Waals surface area contributed by atoms with E-state index in [0.717, 1.165) is 11.1 Å². The van der Waals surface area contributed by atoms with E-state index in [1.165, 1.54) is 6.92 Å². The average molecular weight is 459 g/mol. The second kappa shape index (κ2) is 13.6. The lowest BCUT2D eigenvalue weighted by Crippen LogP contribution is -2.20. The highest BCUT2D eigenvalue weighted by atomic mass is 16.5. The summed E-state index contributed by atoms with van der Waals surface area (Å²) in [6.45, 7) is 7.26. The Morgan fingerprint density at radius 3 is 1.97 bits per heavy atom. The molecule has 0 fully saturated rings. The first-order valence-electron chi connectivity index (χ1n) is 10.2. The molecule has 0 aromatic heterocycles. The van der Waals surface area contributed by atoms with Crippen LogP contribution in [0.25, 0.3) is 0 Å². The van der Waals surface area contributed by atoms with E-state index in [4.69, 9.17) is 4.74 Å². The minimum absolute atomic E-state index is 0.158. The summed E-state index contributed by atoms with van der Waals surface area (Å²) in [5, 5.41) is 22.6. The number of anilines is 2. The molecule has 174 valence electrons. The highest BCUT2D eigenvalue weighted by Crippen LogP contribution is 2.16. The van der Waals surface area contributed by atoms with Crippen molar-refractivity contribution in [2.24, 2.45) is 10.2 Å². The van der Waals surface area contributed by atoms with E-state index < -0.39 is 0 Å². The lowest BCUT2D eigenvalue weighted by molar-refractivity contribution is -0.118. The zero-order valence-electron chi connectivity index (χ0n) is 18.8. The Balaban J connectivity index is 0.00000199. The van der Waals surface area contributed by atoms with Crippen LogP contribution < -0.4 is 15.4 Å². The Bertz CT molecular complexity index is 1140. The van der Waals surface area contributed by atoms with Crippen LogP contribution in [0.15, 0.2) is 96.2 Å². The molecule has 3 N–H and O–H groups in total. The summed E-state index contributed by atoms with van der Waals surface area (Å²) in [5.74, 6) is 0.229. The molecular weight excluding hydrogens is 432 g/mol. The lowest BCUT2D eigenvalue weighted by atomic mass is 10.2. The number of hydrogen-bond donors (Lipinski definition) is 3. The number of phenols is 1. The fourth-order valence-corrected chi connectivity index (χ4v) is 2.63. The number of rotatable bonds is 8. The van der Waals surface area contributed by atoms with E-state index in [-0.39, 0.29) is 24.2 Å². The van der Waals surface area contributed by atoms with Gasteiger partial charge in [0.2, 0.25) is 5.91 Å². The minimum Gasteiger partial charge on any atom is -0.508 e. The molecule has 3 aromatic carbocycles. The molecule has 0 bridgehead atoms. The van der Waals surface area contributed by atoms with Crippen molar-refractivity contribution in [3.05, 3.63) is 97.1 Å². The number of nitrogens with zero attached hydrogens (tertiary/aromatic N) is 2. The van der Waals surface area contributed by atoms with Gasteiger partial charge in [-0.2, -0.15) is 10.2 Å². The van der Waals surface area contributed by atoms with E-state index in [0.29, 0.717) is 17.1 Å². The van der Waals surface area contributed by atoms with Gasteiger partial charge in [0, 0.05) is 18.3 Å². The zero-order valence-corrected chi connectivity index (χ0v) is 18.8. The first kappa shape index (κ1) is 25.5. The minimum atomic E-state index is -0.320. The zero-order chi connectivity index (χ0) is 24.8. The Hall–Kier alpha value is -4.72. The van der Waals surface area contributed by atoms with Gasteiger partial charge in [-0.05, 0) is 77.9 Å². The summed E-state index contributed by atoms with van der Waals surface area (Å²) in [7, 11) is 0. The van der Waals surface area contributed by atoms with Gasteiger partial charge in [-0.25, -0.2) is 0 Å². The maximum absolute atomic E-state index is 12.1. The van der Waals surface area contributed by atoms with Gasteiger partial charge in [0.05, 0.1) is 12.4 Å². The summed E-state index contributed by atoms with van der Waals surface area (Å²) in [5.41, 5.74) is 2.80. The van der Waals surface area contributed by atoms with Crippen LogP contribution in [0, 0.1) is 0 Å². The molecule has 0 saturated carbocycles. The molecule has 0 aliphatic carbocycles. The second-order valence-electron chi connectivity index (χ2n) is 6.75. The number of amides is 2. The number of carbonyl (C=O) groups is 2. The molecule has 0 heterocycles. The topological polar surface area (TPSA) is 112 Å². The van der Waals surface area contributed by atoms with Crippen LogP contribution >= 0.6 is 0 Å². The third kappa shape index (κ3) is 9.19. The highest BCUT2D eigenvalue weighted by molar-refractivity contribution is 5.94. The van der Waals surface area contributed by atoms with Crippen LogP contribution in [0.3, 0.4) is 0 Å². The summed E-state index contributed by atoms with van der Waals surface area (Å²) in [6, 6.07) is 20.5. The SMILES string of the molecule is C=C.CC(=O)Nc1cccc(NC(=O)COc2ccc(/C=N\N=C/c3ccc(O)cc3)cc2)c1. The Labute approximate surface area is 198 Å². The predicted octanol–water partition coefficient (Wildman–Crippen LogP) is 4.62. The van der Waals surface area contributed by atoms with E-state index in [9.17, 15) is 14.7 Å². The van der Waals surface area contributed by atoms with E-state index in [1.54, 1.807) is 85.2 Å². The largest absolute Gasteiger partial charge is 0.508 e. The molecule has 3 rings (SSSR count).